The smallest absolute Gasteiger partial charge is 0.490 e. The number of imidazole rings is 1. The summed E-state index contributed by atoms with van der Waals surface area (Å²) < 4.78 is 67.3. The minimum atomic E-state index is -5.19. The molecule has 1 aromatic carbocycles. The summed E-state index contributed by atoms with van der Waals surface area (Å²) in [5.41, 5.74) is 9.05. The highest BCUT2D eigenvalue weighted by molar-refractivity contribution is 5.98. The molecule has 72 heavy (non-hydrogen) atoms. The summed E-state index contributed by atoms with van der Waals surface area (Å²) in [6, 6.07) is 6.61. The van der Waals surface area contributed by atoms with E-state index in [-0.39, 0.29) is 37.1 Å². The first kappa shape index (κ1) is 60.4. The lowest BCUT2D eigenvalue weighted by molar-refractivity contribution is -0.676. The molecule has 4 heterocycles. The molecule has 0 radical (unpaired) electrons. The van der Waals surface area contributed by atoms with Crippen LogP contribution in [0.3, 0.4) is 0 Å². The Morgan fingerprint density at radius 1 is 0.847 bits per heavy atom. The number of hydrogen-bond acceptors (Lipinski definition) is 19. The monoisotopic (exact) mass is 1050 g/mol. The molecule has 8 unspecified atom stereocenters. The molecule has 1 saturated heterocycles. The Hall–Kier alpha value is -5.87. The molecule has 2 amide bonds. The molecule has 0 saturated carbocycles. The largest absolute Gasteiger partial charge is 0.542 e. The van der Waals surface area contributed by atoms with Crippen molar-refractivity contribution in [2.24, 2.45) is 0 Å². The van der Waals surface area contributed by atoms with Crippen molar-refractivity contribution in [2.45, 2.75) is 114 Å². The highest BCUT2D eigenvalue weighted by Crippen LogP contribution is 2.24. The normalized spacial score (nSPS) is 16.9. The molecule has 1 aliphatic rings. The number of hydrogen-bond donors (Lipinski definition) is 14. The number of carboxylic acid groups (broad SMARTS) is 2. The van der Waals surface area contributed by atoms with Crippen molar-refractivity contribution in [1.29, 1.82) is 0 Å². The number of rotatable bonds is 19. The van der Waals surface area contributed by atoms with Crippen molar-refractivity contribution < 1.29 is 111 Å². The van der Waals surface area contributed by atoms with Gasteiger partial charge < -0.3 is 87.0 Å². The van der Waals surface area contributed by atoms with Gasteiger partial charge >= 0.3 is 18.3 Å². The molecule has 0 spiro atoms. The first-order valence-corrected chi connectivity index (χ1v) is 21.8. The second kappa shape index (κ2) is 26.2. The van der Waals surface area contributed by atoms with Gasteiger partial charge in [0.2, 0.25) is 0 Å². The summed E-state index contributed by atoms with van der Waals surface area (Å²) in [5, 5.41) is 120. The number of amides is 2. The number of carbonyl (C=O) groups is 4. The van der Waals surface area contributed by atoms with Gasteiger partial charge in [-0.25, -0.2) is 23.9 Å². The first-order chi connectivity index (χ1) is 33.5. The van der Waals surface area contributed by atoms with Crippen molar-refractivity contribution in [3.8, 4) is 0 Å². The predicted molar refractivity (Wildman–Crippen MR) is 230 cm³/mol. The number of piperidine rings is 1. The van der Waals surface area contributed by atoms with E-state index in [0.717, 1.165) is 16.9 Å². The van der Waals surface area contributed by atoms with Crippen LogP contribution >= 0.6 is 0 Å². The number of carbonyl (C=O) groups excluding carboxylic acids is 3. The summed E-state index contributed by atoms with van der Waals surface area (Å²) in [7, 11) is 0. The van der Waals surface area contributed by atoms with E-state index >= 15 is 0 Å². The number of aliphatic hydroxyl groups excluding tert-OH is 10. The lowest BCUT2D eigenvalue weighted by Crippen LogP contribution is -2.56. The highest BCUT2D eigenvalue weighted by Gasteiger charge is 2.39. The molecule has 31 heteroatoms. The predicted octanol–water partition coefficient (Wildman–Crippen LogP) is -4.54. The Morgan fingerprint density at radius 3 is 1.79 bits per heavy atom. The molecule has 404 valence electrons. The van der Waals surface area contributed by atoms with Crippen LogP contribution in [0.5, 0.6) is 0 Å². The molecule has 1 fully saturated rings. The van der Waals surface area contributed by atoms with Crippen molar-refractivity contribution in [1.82, 2.24) is 34.6 Å². The Morgan fingerprint density at radius 2 is 1.35 bits per heavy atom. The Balaban J connectivity index is 0.000000853. The third-order valence-electron chi connectivity index (χ3n) is 11.3. The topological polar surface area (TPSA) is 409 Å². The summed E-state index contributed by atoms with van der Waals surface area (Å²) in [6.45, 7) is 3.06. The zero-order valence-electron chi connectivity index (χ0n) is 38.4. The number of fused-ring (bicyclic) bond motifs is 2. The third-order valence-corrected chi connectivity index (χ3v) is 11.3. The number of carboxylic acids is 2. The maximum atomic E-state index is 13.9. The number of nitrogen functional groups attached to an aromatic ring is 1. The van der Waals surface area contributed by atoms with Gasteiger partial charge in [-0.1, -0.05) is 0 Å². The fourth-order valence-electron chi connectivity index (χ4n) is 7.53. The number of H-pyrrole nitrogens is 1. The molecule has 3 aromatic heterocycles. The van der Waals surface area contributed by atoms with Gasteiger partial charge in [0, 0.05) is 50.0 Å². The molecule has 8 atom stereocenters. The molecule has 1 aliphatic heterocycles. The van der Waals surface area contributed by atoms with Gasteiger partial charge in [0.05, 0.1) is 38.5 Å². The molecular formula is C41H57F6N9O16. The van der Waals surface area contributed by atoms with E-state index in [0.29, 0.717) is 42.7 Å². The highest BCUT2D eigenvalue weighted by atomic mass is 19.4. The van der Waals surface area contributed by atoms with Gasteiger partial charge in [-0.05, 0) is 44.9 Å². The Kier molecular flexibility index (Phi) is 22.0. The Labute approximate surface area is 403 Å². The van der Waals surface area contributed by atoms with E-state index < -0.39 is 111 Å². The standard InChI is InChI=1S/C37H55N9O12.2C2HF3O2/c1-3-45-22-6-5-19(13-23(22)46(4-2)28(45)14-40-36(57)29-34(38)42-35-21(41-29)7-10-39-35)37(58)43-11-8-20(9-12-43)44(15-24(49)30(53)32(55)26(51)17-47)16-25(50)31(54)33(56)27(52)18-48;2*3-2(4,5)1(6)7/h5-7,10,13,20,24-27,30-33,47-56H,3-4,8-9,11-12,14-18H2,1-2H3,(H3-,38,39,40,41,42,57);2*(H,6,7). The number of benzene rings is 1. The van der Waals surface area contributed by atoms with Crippen LogP contribution in [-0.4, -0.2) is 216 Å². The number of aromatic amines is 1. The second-order valence-electron chi connectivity index (χ2n) is 16.1. The van der Waals surface area contributed by atoms with Crippen LogP contribution in [0.4, 0.5) is 32.2 Å². The maximum Gasteiger partial charge on any atom is 0.490 e. The van der Waals surface area contributed by atoms with Crippen molar-refractivity contribution in [3.63, 3.8) is 0 Å². The lowest BCUT2D eigenvalue weighted by Gasteiger charge is -2.41. The van der Waals surface area contributed by atoms with E-state index in [1.165, 1.54) is 4.90 Å². The number of anilines is 1. The first-order valence-electron chi connectivity index (χ1n) is 21.8. The molecule has 4 aromatic rings. The zero-order valence-corrected chi connectivity index (χ0v) is 38.4. The van der Waals surface area contributed by atoms with Gasteiger partial charge in [0.15, 0.2) is 28.2 Å². The van der Waals surface area contributed by atoms with Crippen LogP contribution in [0.2, 0.25) is 0 Å². The SMILES string of the molecule is CCn1c(CNC(=O)c2nc3cc[nH]c3nc2N)[n+](CC)c2ccc(C(=O)N3CCC(N(CC(O)C(O)C(O)C(O)CO)CC(O)C(O)C(O)C(O)CO)CC3)cc21.O=C(O)C(F)(F)F.O=C([O-])C(F)(F)F. The number of likely N-dealkylation sites (tertiary alicyclic amines) is 1. The average Bonchev–Trinajstić information content (AvgIpc) is 3.93. The van der Waals surface area contributed by atoms with Crippen LogP contribution < -0.4 is 20.7 Å². The van der Waals surface area contributed by atoms with E-state index in [2.05, 4.69) is 20.3 Å². The summed E-state index contributed by atoms with van der Waals surface area (Å²) >= 11 is 0. The lowest BCUT2D eigenvalue weighted by atomic mass is 9.97. The van der Waals surface area contributed by atoms with Crippen molar-refractivity contribution in [3.05, 3.63) is 47.5 Å². The molecule has 25 nitrogen and oxygen atoms in total. The van der Waals surface area contributed by atoms with Gasteiger partial charge in [-0.3, -0.25) is 14.5 Å². The maximum absolute atomic E-state index is 13.9. The number of aryl methyl sites for hydroxylation is 2. The summed E-state index contributed by atoms with van der Waals surface area (Å²) in [6.07, 6.45) is -22.6. The number of nitrogens with one attached hydrogen (secondary N) is 2. The number of aliphatic carboxylic acids is 2. The van der Waals surface area contributed by atoms with Crippen LogP contribution in [0.1, 0.15) is 53.4 Å². The number of alkyl halides is 6. The van der Waals surface area contributed by atoms with Crippen LogP contribution in [0.25, 0.3) is 22.2 Å². The minimum Gasteiger partial charge on any atom is -0.542 e. The van der Waals surface area contributed by atoms with Gasteiger partial charge in [0.1, 0.15) is 54.7 Å². The van der Waals surface area contributed by atoms with E-state index in [1.54, 1.807) is 29.3 Å². The van der Waals surface area contributed by atoms with E-state index in [9.17, 15) is 87.0 Å². The Bertz CT molecular complexity index is 2380. The number of halogens is 6. The molecule has 0 bridgehead atoms. The van der Waals surface area contributed by atoms with Crippen LogP contribution in [0.15, 0.2) is 30.5 Å². The molecule has 0 aliphatic carbocycles. The summed E-state index contributed by atoms with van der Waals surface area (Å²) in [5.74, 6) is -5.74. The summed E-state index contributed by atoms with van der Waals surface area (Å²) in [4.78, 5) is 59.5. The third kappa shape index (κ3) is 15.6. The van der Waals surface area contributed by atoms with Gasteiger partial charge in [0.25, 0.3) is 17.6 Å². The number of nitrogens with two attached hydrogens (primary N) is 1. The van der Waals surface area contributed by atoms with Crippen LogP contribution in [0, 0.1) is 0 Å². The number of aliphatic hydroxyl groups is 10. The van der Waals surface area contributed by atoms with Gasteiger partial charge in [-0.2, -0.15) is 26.3 Å². The number of nitrogens with zero attached hydrogens (tertiary/aromatic N) is 6. The van der Waals surface area contributed by atoms with Gasteiger partial charge in [-0.15, -0.1) is 0 Å². The number of aromatic nitrogens is 5. The van der Waals surface area contributed by atoms with Crippen molar-refractivity contribution in [2.75, 3.05) is 45.1 Å². The van der Waals surface area contributed by atoms with Crippen LogP contribution in [-0.2, 0) is 29.2 Å². The quantitative estimate of drug-likeness (QED) is 0.0311. The molecule has 15 N–H and O–H groups in total. The zero-order chi connectivity index (χ0) is 54.6. The second-order valence-corrected chi connectivity index (χ2v) is 16.1. The fraction of sp³-hybridized carbons (Fsp3) is 0.585. The fourth-order valence-corrected chi connectivity index (χ4v) is 7.53. The minimum absolute atomic E-state index is 0.00462. The van der Waals surface area contributed by atoms with E-state index in [1.807, 2.05) is 29.0 Å². The van der Waals surface area contributed by atoms with Crippen molar-refractivity contribution >= 4 is 51.8 Å². The van der Waals surface area contributed by atoms with E-state index in [4.69, 9.17) is 25.5 Å². The average molecular weight is 1050 g/mol. The molecule has 5 rings (SSSR count). The molecular weight excluding hydrogens is 988 g/mol.